The largest absolute Gasteiger partial charge is 0.394 e. The third-order valence-electron chi connectivity index (χ3n) is 6.74. The van der Waals surface area contributed by atoms with E-state index in [-0.39, 0.29) is 0 Å². The average Bonchev–Trinajstić information content (AvgIpc) is 2.86. The molecule has 0 aliphatic carbocycles. The summed E-state index contributed by atoms with van der Waals surface area (Å²) in [5.74, 6) is 0. The minimum absolute atomic E-state index is 0.321. The third kappa shape index (κ3) is 9.11. The van der Waals surface area contributed by atoms with Crippen LogP contribution in [0.1, 0.15) is 71.1 Å². The van der Waals surface area contributed by atoms with Crippen molar-refractivity contribution < 1.29 is 54.7 Å². The molecule has 0 aromatic rings. The topological polar surface area (TPSA) is 179 Å². The third-order valence-corrected chi connectivity index (χ3v) is 6.74. The number of aliphatic hydroxyl groups excluding tert-OH is 7. The zero-order valence-electron chi connectivity index (χ0n) is 20.7. The van der Waals surface area contributed by atoms with Gasteiger partial charge in [-0.3, -0.25) is 0 Å². The van der Waals surface area contributed by atoms with Crippen LogP contribution < -0.4 is 0 Å². The molecule has 7 N–H and O–H groups in total. The Morgan fingerprint density at radius 3 is 1.66 bits per heavy atom. The number of hydrogen-bond acceptors (Lipinski definition) is 11. The van der Waals surface area contributed by atoms with Gasteiger partial charge in [-0.15, -0.1) is 0 Å². The average molecular weight is 511 g/mol. The molecule has 11 nitrogen and oxygen atoms in total. The van der Waals surface area contributed by atoms with Crippen LogP contribution in [0.3, 0.4) is 0 Å². The Morgan fingerprint density at radius 1 is 0.571 bits per heavy atom. The molecule has 2 heterocycles. The van der Waals surface area contributed by atoms with Crippen LogP contribution in [-0.4, -0.2) is 117 Å². The van der Waals surface area contributed by atoms with Gasteiger partial charge in [0.25, 0.3) is 0 Å². The monoisotopic (exact) mass is 510 g/mol. The SMILES string of the molecule is CCCCCCCCCCCCO[C@H]1OC(CO)[C@H](O[C@@H]2OC(CO)[C@H](O)C(O)[C@H]2O)C(O)[C@H]1O. The summed E-state index contributed by atoms with van der Waals surface area (Å²) in [7, 11) is 0. The Morgan fingerprint density at radius 2 is 1.09 bits per heavy atom. The molecule has 0 saturated carbocycles. The summed E-state index contributed by atoms with van der Waals surface area (Å²) in [6.45, 7) is 1.31. The van der Waals surface area contributed by atoms with Gasteiger partial charge in [0.1, 0.15) is 48.8 Å². The lowest BCUT2D eigenvalue weighted by molar-refractivity contribution is -0.359. The number of rotatable bonds is 16. The van der Waals surface area contributed by atoms with Crippen molar-refractivity contribution in [1.82, 2.24) is 0 Å². The molecule has 11 heteroatoms. The van der Waals surface area contributed by atoms with Gasteiger partial charge >= 0.3 is 0 Å². The van der Waals surface area contributed by atoms with E-state index in [4.69, 9.17) is 18.9 Å². The van der Waals surface area contributed by atoms with Gasteiger partial charge in [0.05, 0.1) is 13.2 Å². The van der Waals surface area contributed by atoms with E-state index in [9.17, 15) is 35.7 Å². The lowest BCUT2D eigenvalue weighted by Gasteiger charge is -2.45. The summed E-state index contributed by atoms with van der Waals surface area (Å²) < 4.78 is 22.0. The van der Waals surface area contributed by atoms with Gasteiger partial charge in [-0.05, 0) is 6.42 Å². The van der Waals surface area contributed by atoms with Crippen molar-refractivity contribution in [1.29, 1.82) is 0 Å². The maximum absolute atomic E-state index is 10.6. The summed E-state index contributed by atoms with van der Waals surface area (Å²) >= 11 is 0. The molecule has 208 valence electrons. The van der Waals surface area contributed by atoms with E-state index in [2.05, 4.69) is 6.92 Å². The molecule has 2 saturated heterocycles. The van der Waals surface area contributed by atoms with Crippen molar-refractivity contribution >= 4 is 0 Å². The zero-order valence-corrected chi connectivity index (χ0v) is 20.7. The van der Waals surface area contributed by atoms with E-state index >= 15 is 0 Å². The molecule has 2 aliphatic heterocycles. The standard InChI is InChI=1S/C24H46O11/c1-2-3-4-5-6-7-8-9-10-11-12-32-23-21(31)19(29)22(16(14-26)34-23)35-24-20(30)18(28)17(27)15(13-25)33-24/h15-31H,2-14H2,1H3/t15?,16?,17-,18?,19?,20+,21+,22-,23-,24-/m0/s1. The van der Waals surface area contributed by atoms with Crippen LogP contribution in [0.25, 0.3) is 0 Å². The van der Waals surface area contributed by atoms with Crippen LogP contribution >= 0.6 is 0 Å². The van der Waals surface area contributed by atoms with Crippen LogP contribution in [0.15, 0.2) is 0 Å². The van der Waals surface area contributed by atoms with Crippen molar-refractivity contribution in [3.05, 3.63) is 0 Å². The molecule has 0 spiro atoms. The van der Waals surface area contributed by atoms with Gasteiger partial charge in [-0.2, -0.15) is 0 Å². The second-order valence-electron chi connectivity index (χ2n) is 9.56. The molecule has 4 unspecified atom stereocenters. The summed E-state index contributed by atoms with van der Waals surface area (Å²) in [5.41, 5.74) is 0. The fraction of sp³-hybridized carbons (Fsp3) is 1.00. The van der Waals surface area contributed by atoms with Crippen molar-refractivity contribution in [2.24, 2.45) is 0 Å². The highest BCUT2D eigenvalue weighted by molar-refractivity contribution is 4.94. The first-order valence-corrected chi connectivity index (χ1v) is 13.1. The van der Waals surface area contributed by atoms with Crippen LogP contribution in [0.4, 0.5) is 0 Å². The predicted molar refractivity (Wildman–Crippen MR) is 124 cm³/mol. The molecule has 2 rings (SSSR count). The Kier molecular flexibility index (Phi) is 14.4. The molecule has 2 aliphatic rings. The van der Waals surface area contributed by atoms with Gasteiger partial charge in [0.2, 0.25) is 0 Å². The molecule has 10 atom stereocenters. The van der Waals surface area contributed by atoms with Gasteiger partial charge < -0.3 is 54.7 Å². The zero-order chi connectivity index (χ0) is 25.8. The number of ether oxygens (including phenoxy) is 4. The lowest BCUT2D eigenvalue weighted by Crippen LogP contribution is -2.64. The van der Waals surface area contributed by atoms with Gasteiger partial charge in [0, 0.05) is 6.61 Å². The van der Waals surface area contributed by atoms with E-state index in [1.54, 1.807) is 0 Å². The van der Waals surface area contributed by atoms with Crippen LogP contribution in [0, 0.1) is 0 Å². The van der Waals surface area contributed by atoms with Gasteiger partial charge in [0.15, 0.2) is 12.6 Å². The number of unbranched alkanes of at least 4 members (excludes halogenated alkanes) is 9. The van der Waals surface area contributed by atoms with E-state index in [1.165, 1.54) is 44.9 Å². The predicted octanol–water partition coefficient (Wildman–Crippen LogP) is -0.452. The lowest BCUT2D eigenvalue weighted by atomic mass is 9.97. The van der Waals surface area contributed by atoms with Crippen LogP contribution in [0.5, 0.6) is 0 Å². The molecule has 0 aromatic carbocycles. The van der Waals surface area contributed by atoms with Gasteiger partial charge in [-0.1, -0.05) is 64.7 Å². The smallest absolute Gasteiger partial charge is 0.187 e. The summed E-state index contributed by atoms with van der Waals surface area (Å²) in [5, 5.41) is 70.1. The van der Waals surface area contributed by atoms with E-state index < -0.39 is 74.6 Å². The molecule has 35 heavy (non-hydrogen) atoms. The first kappa shape index (κ1) is 30.8. The maximum atomic E-state index is 10.6. The summed E-state index contributed by atoms with van der Waals surface area (Å²) in [4.78, 5) is 0. The fourth-order valence-electron chi connectivity index (χ4n) is 4.48. The number of hydrogen-bond donors (Lipinski definition) is 7. The minimum Gasteiger partial charge on any atom is -0.394 e. The molecular formula is C24H46O11. The van der Waals surface area contributed by atoms with Crippen LogP contribution in [0.2, 0.25) is 0 Å². The summed E-state index contributed by atoms with van der Waals surface area (Å²) in [6.07, 6.45) is -2.63. The highest BCUT2D eigenvalue weighted by atomic mass is 16.7. The second kappa shape index (κ2) is 16.4. The van der Waals surface area contributed by atoms with E-state index in [0.717, 1.165) is 19.3 Å². The van der Waals surface area contributed by atoms with Gasteiger partial charge in [-0.25, -0.2) is 0 Å². The molecule has 0 aromatic heterocycles. The van der Waals surface area contributed by atoms with Crippen molar-refractivity contribution in [3.8, 4) is 0 Å². The first-order valence-electron chi connectivity index (χ1n) is 13.1. The number of aliphatic hydroxyl groups is 7. The first-order chi connectivity index (χ1) is 16.8. The molecule has 0 amide bonds. The highest BCUT2D eigenvalue weighted by Gasteiger charge is 2.50. The van der Waals surface area contributed by atoms with Crippen molar-refractivity contribution in [3.63, 3.8) is 0 Å². The normalized spacial score (nSPS) is 38.1. The molecule has 2 fully saturated rings. The molecule has 0 radical (unpaired) electrons. The maximum Gasteiger partial charge on any atom is 0.187 e. The van der Waals surface area contributed by atoms with E-state index in [0.29, 0.717) is 6.61 Å². The quantitative estimate of drug-likeness (QED) is 0.134. The highest BCUT2D eigenvalue weighted by Crippen LogP contribution is 2.29. The Balaban J connectivity index is 1.74. The molecular weight excluding hydrogens is 464 g/mol. The molecule has 0 bridgehead atoms. The second-order valence-corrected chi connectivity index (χ2v) is 9.56. The summed E-state index contributed by atoms with van der Waals surface area (Å²) in [6, 6.07) is 0. The Labute approximate surface area is 207 Å². The van der Waals surface area contributed by atoms with E-state index in [1.807, 2.05) is 0 Å². The Bertz CT molecular complexity index is 550. The van der Waals surface area contributed by atoms with Crippen LogP contribution in [-0.2, 0) is 18.9 Å². The van der Waals surface area contributed by atoms with Crippen molar-refractivity contribution in [2.75, 3.05) is 19.8 Å². The fourth-order valence-corrected chi connectivity index (χ4v) is 4.48. The van der Waals surface area contributed by atoms with Crippen molar-refractivity contribution in [2.45, 2.75) is 133 Å². The minimum atomic E-state index is -1.69. The Hall–Kier alpha value is -0.440.